The first-order valence-corrected chi connectivity index (χ1v) is 7.80. The zero-order chi connectivity index (χ0) is 13.9. The summed E-state index contributed by atoms with van der Waals surface area (Å²) in [5, 5.41) is 7.40. The number of hydrogen-bond acceptors (Lipinski definition) is 5. The van der Waals surface area contributed by atoms with Crippen LogP contribution in [0.25, 0.3) is 10.2 Å². The summed E-state index contributed by atoms with van der Waals surface area (Å²) in [4.78, 5) is 8.64. The van der Waals surface area contributed by atoms with E-state index in [-0.39, 0.29) is 5.84 Å². The molecule has 0 aliphatic carbocycles. The van der Waals surface area contributed by atoms with Crippen molar-refractivity contribution < 1.29 is 0 Å². The number of nitrogen functional groups attached to an aromatic ring is 1. The molecule has 0 bridgehead atoms. The van der Waals surface area contributed by atoms with Gasteiger partial charge in [0.1, 0.15) is 11.5 Å². The lowest BCUT2D eigenvalue weighted by Gasteiger charge is -2.01. The van der Waals surface area contributed by atoms with E-state index in [1.54, 1.807) is 29.3 Å². The number of aromatic nitrogens is 2. The molecule has 3 rings (SSSR count). The summed E-state index contributed by atoms with van der Waals surface area (Å²) in [5.41, 5.74) is 8.10. The first kappa shape index (κ1) is 13.1. The second-order valence-electron chi connectivity index (χ2n) is 4.20. The van der Waals surface area contributed by atoms with Gasteiger partial charge in [0.25, 0.3) is 0 Å². The maximum absolute atomic E-state index is 7.40. The van der Waals surface area contributed by atoms with Crippen molar-refractivity contribution in [2.24, 2.45) is 5.73 Å². The molecule has 2 aromatic heterocycles. The van der Waals surface area contributed by atoms with Crippen molar-refractivity contribution in [3.63, 3.8) is 0 Å². The highest BCUT2D eigenvalue weighted by Crippen LogP contribution is 2.31. The summed E-state index contributed by atoms with van der Waals surface area (Å²) in [6, 6.07) is 11.9. The Hall–Kier alpha value is -1.92. The Morgan fingerprint density at radius 3 is 2.95 bits per heavy atom. The lowest BCUT2D eigenvalue weighted by atomic mass is 10.2. The molecular formula is C14H12N4S2. The standard InChI is InChI=1S/C14H12N4S2/c15-13(16)11-7-9(5-6-17-11)8-19-14-18-10-3-1-2-4-12(10)20-14/h1-7H,8H2,(H3,15,16). The van der Waals surface area contributed by atoms with Crippen molar-refractivity contribution >= 4 is 39.2 Å². The molecule has 3 N–H and O–H groups in total. The van der Waals surface area contributed by atoms with E-state index in [4.69, 9.17) is 11.1 Å². The van der Waals surface area contributed by atoms with E-state index in [0.717, 1.165) is 21.2 Å². The lowest BCUT2D eigenvalue weighted by Crippen LogP contribution is -2.13. The minimum atomic E-state index is -0.00293. The summed E-state index contributed by atoms with van der Waals surface area (Å²) < 4.78 is 2.25. The molecule has 0 saturated carbocycles. The predicted molar refractivity (Wildman–Crippen MR) is 84.4 cm³/mol. The maximum Gasteiger partial charge on any atom is 0.151 e. The summed E-state index contributed by atoms with van der Waals surface area (Å²) >= 11 is 3.38. The number of thiazole rings is 1. The van der Waals surface area contributed by atoms with Crippen LogP contribution in [0.5, 0.6) is 0 Å². The van der Waals surface area contributed by atoms with Crippen molar-refractivity contribution in [3.8, 4) is 0 Å². The average Bonchev–Trinajstić information content (AvgIpc) is 2.88. The van der Waals surface area contributed by atoms with Crippen molar-refractivity contribution in [2.45, 2.75) is 10.1 Å². The first-order valence-electron chi connectivity index (χ1n) is 6.00. The fraction of sp³-hybridized carbons (Fsp3) is 0.0714. The number of nitrogens with zero attached hydrogens (tertiary/aromatic N) is 2. The maximum atomic E-state index is 7.40. The number of para-hydroxylation sites is 1. The van der Waals surface area contributed by atoms with Gasteiger partial charge in [-0.1, -0.05) is 23.9 Å². The Bertz CT molecular complexity index is 733. The molecule has 20 heavy (non-hydrogen) atoms. The SMILES string of the molecule is N=C(N)c1cc(CSc2nc3ccccc3s2)ccn1. The summed E-state index contributed by atoms with van der Waals surface area (Å²) in [6.07, 6.45) is 1.69. The van der Waals surface area contributed by atoms with Crippen LogP contribution in [0.2, 0.25) is 0 Å². The molecule has 0 amide bonds. The number of hydrogen-bond donors (Lipinski definition) is 2. The fourth-order valence-corrected chi connectivity index (χ4v) is 3.78. The molecule has 100 valence electrons. The number of thioether (sulfide) groups is 1. The van der Waals surface area contributed by atoms with Gasteiger partial charge in [-0.2, -0.15) is 0 Å². The smallest absolute Gasteiger partial charge is 0.151 e. The molecule has 6 heteroatoms. The van der Waals surface area contributed by atoms with Gasteiger partial charge >= 0.3 is 0 Å². The molecule has 0 spiro atoms. The Morgan fingerprint density at radius 1 is 1.30 bits per heavy atom. The molecule has 0 atom stereocenters. The molecule has 0 unspecified atom stereocenters. The van der Waals surface area contributed by atoms with Crippen molar-refractivity contribution in [3.05, 3.63) is 53.9 Å². The Labute approximate surface area is 124 Å². The third-order valence-electron chi connectivity index (χ3n) is 2.74. The van der Waals surface area contributed by atoms with Crippen LogP contribution < -0.4 is 5.73 Å². The van der Waals surface area contributed by atoms with E-state index >= 15 is 0 Å². The van der Waals surface area contributed by atoms with Crippen LogP contribution >= 0.6 is 23.1 Å². The minimum absolute atomic E-state index is 0.00293. The van der Waals surface area contributed by atoms with Crippen LogP contribution in [-0.4, -0.2) is 15.8 Å². The highest BCUT2D eigenvalue weighted by atomic mass is 32.2. The zero-order valence-corrected chi connectivity index (χ0v) is 12.2. The molecule has 0 aliphatic heterocycles. The third kappa shape index (κ3) is 2.81. The van der Waals surface area contributed by atoms with Crippen molar-refractivity contribution in [1.82, 2.24) is 9.97 Å². The predicted octanol–water partition coefficient (Wildman–Crippen LogP) is 3.27. The number of pyridine rings is 1. The van der Waals surface area contributed by atoms with E-state index in [2.05, 4.69) is 16.0 Å². The molecule has 0 fully saturated rings. The number of nitrogens with one attached hydrogen (secondary N) is 1. The van der Waals surface area contributed by atoms with E-state index in [9.17, 15) is 0 Å². The topological polar surface area (TPSA) is 75.7 Å². The van der Waals surface area contributed by atoms with Crippen LogP contribution in [0.3, 0.4) is 0 Å². The Kier molecular flexibility index (Phi) is 3.66. The number of rotatable bonds is 4. The highest BCUT2D eigenvalue weighted by Gasteiger charge is 2.05. The summed E-state index contributed by atoms with van der Waals surface area (Å²) in [5.74, 6) is 0.791. The molecule has 1 aromatic carbocycles. The van der Waals surface area contributed by atoms with E-state index in [1.165, 1.54) is 4.70 Å². The summed E-state index contributed by atoms with van der Waals surface area (Å²) in [6.45, 7) is 0. The average molecular weight is 300 g/mol. The van der Waals surface area contributed by atoms with Gasteiger partial charge in [-0.15, -0.1) is 11.3 Å². The summed E-state index contributed by atoms with van der Waals surface area (Å²) in [7, 11) is 0. The number of nitrogens with two attached hydrogens (primary N) is 1. The molecule has 0 aliphatic rings. The highest BCUT2D eigenvalue weighted by molar-refractivity contribution is 8.00. The van der Waals surface area contributed by atoms with E-state index in [1.807, 2.05) is 30.3 Å². The second kappa shape index (κ2) is 5.60. The molecular weight excluding hydrogens is 288 g/mol. The number of fused-ring (bicyclic) bond motifs is 1. The number of benzene rings is 1. The van der Waals surface area contributed by atoms with E-state index < -0.39 is 0 Å². The first-order chi connectivity index (χ1) is 9.72. The quantitative estimate of drug-likeness (QED) is 0.440. The Balaban J connectivity index is 1.75. The molecule has 3 aromatic rings. The fourth-order valence-electron chi connectivity index (χ4n) is 1.77. The molecule has 0 saturated heterocycles. The minimum Gasteiger partial charge on any atom is -0.382 e. The van der Waals surface area contributed by atoms with Gasteiger partial charge in [0.15, 0.2) is 4.34 Å². The monoisotopic (exact) mass is 300 g/mol. The zero-order valence-electron chi connectivity index (χ0n) is 10.5. The van der Waals surface area contributed by atoms with Crippen LogP contribution in [-0.2, 0) is 5.75 Å². The van der Waals surface area contributed by atoms with E-state index in [0.29, 0.717) is 5.69 Å². The largest absolute Gasteiger partial charge is 0.382 e. The van der Waals surface area contributed by atoms with Gasteiger partial charge in [-0.3, -0.25) is 10.4 Å². The van der Waals surface area contributed by atoms with Gasteiger partial charge in [-0.05, 0) is 29.8 Å². The van der Waals surface area contributed by atoms with Crippen molar-refractivity contribution in [2.75, 3.05) is 0 Å². The lowest BCUT2D eigenvalue weighted by molar-refractivity contribution is 1.21. The van der Waals surface area contributed by atoms with Crippen LogP contribution in [0.15, 0.2) is 46.9 Å². The number of amidine groups is 1. The van der Waals surface area contributed by atoms with Crippen LogP contribution in [0.1, 0.15) is 11.3 Å². The van der Waals surface area contributed by atoms with Gasteiger partial charge in [0, 0.05) is 11.9 Å². The normalized spacial score (nSPS) is 10.8. The van der Waals surface area contributed by atoms with Gasteiger partial charge < -0.3 is 5.73 Å². The third-order valence-corrected chi connectivity index (χ3v) is 4.99. The van der Waals surface area contributed by atoms with Crippen molar-refractivity contribution in [1.29, 1.82) is 5.41 Å². The van der Waals surface area contributed by atoms with Gasteiger partial charge in [0.05, 0.1) is 10.2 Å². The second-order valence-corrected chi connectivity index (χ2v) is 6.45. The molecule has 4 nitrogen and oxygen atoms in total. The van der Waals surface area contributed by atoms with Crippen LogP contribution in [0.4, 0.5) is 0 Å². The molecule has 0 radical (unpaired) electrons. The Morgan fingerprint density at radius 2 is 2.15 bits per heavy atom. The van der Waals surface area contributed by atoms with Gasteiger partial charge in [-0.25, -0.2) is 4.98 Å². The van der Waals surface area contributed by atoms with Crippen LogP contribution in [0, 0.1) is 5.41 Å². The molecule has 2 heterocycles. The van der Waals surface area contributed by atoms with Gasteiger partial charge in [0.2, 0.25) is 0 Å².